The van der Waals surface area contributed by atoms with Crippen LogP contribution < -0.4 is 10.6 Å². The van der Waals surface area contributed by atoms with Gasteiger partial charge in [-0.2, -0.15) is 5.10 Å². The van der Waals surface area contributed by atoms with Crippen molar-refractivity contribution in [2.24, 2.45) is 0 Å². The van der Waals surface area contributed by atoms with E-state index in [4.69, 9.17) is 0 Å². The summed E-state index contributed by atoms with van der Waals surface area (Å²) in [5, 5.41) is 15.3. The highest BCUT2D eigenvalue weighted by molar-refractivity contribution is 6.02. The standard InChI is InChI=1S/C21H26N6O/c1-14-9-15(2)11-18(10-14)27-16(3)12-20(25-27)23-21(28)19-6-8-26(24-19)17-5-4-7-22-13-17/h6,8-12,17,22H,4-5,7,13H2,1-3H3,(H,23,25,28). The van der Waals surface area contributed by atoms with Gasteiger partial charge in [0.05, 0.1) is 11.7 Å². The zero-order valence-corrected chi connectivity index (χ0v) is 16.6. The number of amides is 1. The molecule has 146 valence electrons. The Labute approximate surface area is 164 Å². The summed E-state index contributed by atoms with van der Waals surface area (Å²) in [5.74, 6) is 0.281. The van der Waals surface area contributed by atoms with Crippen LogP contribution in [0.5, 0.6) is 0 Å². The topological polar surface area (TPSA) is 76.8 Å². The number of rotatable bonds is 4. The minimum absolute atomic E-state index is 0.243. The molecule has 1 aliphatic heterocycles. The van der Waals surface area contributed by atoms with E-state index >= 15 is 0 Å². The van der Waals surface area contributed by atoms with E-state index in [9.17, 15) is 4.79 Å². The van der Waals surface area contributed by atoms with Gasteiger partial charge >= 0.3 is 0 Å². The van der Waals surface area contributed by atoms with Crippen molar-refractivity contribution in [2.45, 2.75) is 39.7 Å². The third kappa shape index (κ3) is 3.84. The number of hydrogen-bond donors (Lipinski definition) is 2. The van der Waals surface area contributed by atoms with Crippen molar-refractivity contribution in [2.75, 3.05) is 18.4 Å². The summed E-state index contributed by atoms with van der Waals surface area (Å²) in [6, 6.07) is 10.2. The Kier molecular flexibility index (Phi) is 5.00. The van der Waals surface area contributed by atoms with Crippen molar-refractivity contribution in [3.63, 3.8) is 0 Å². The van der Waals surface area contributed by atoms with Gasteiger partial charge in [-0.3, -0.25) is 9.48 Å². The molecule has 7 nitrogen and oxygen atoms in total. The molecule has 1 aliphatic rings. The second kappa shape index (κ2) is 7.59. The van der Waals surface area contributed by atoms with Crippen LogP contribution in [0.15, 0.2) is 36.5 Å². The lowest BCUT2D eigenvalue weighted by molar-refractivity contribution is 0.102. The molecule has 0 saturated carbocycles. The minimum Gasteiger partial charge on any atom is -0.315 e. The quantitative estimate of drug-likeness (QED) is 0.731. The van der Waals surface area contributed by atoms with Crippen LogP contribution in [0.1, 0.15) is 46.2 Å². The predicted octanol–water partition coefficient (Wildman–Crippen LogP) is 3.17. The summed E-state index contributed by atoms with van der Waals surface area (Å²) in [5.41, 5.74) is 4.71. The Bertz CT molecular complexity index is 976. The van der Waals surface area contributed by atoms with Gasteiger partial charge in [0.1, 0.15) is 0 Å². The summed E-state index contributed by atoms with van der Waals surface area (Å²) in [7, 11) is 0. The molecule has 1 atom stereocenters. The number of nitrogens with one attached hydrogen (secondary N) is 2. The van der Waals surface area contributed by atoms with Crippen LogP contribution in [0.3, 0.4) is 0 Å². The normalized spacial score (nSPS) is 16.9. The average Bonchev–Trinajstić information content (AvgIpc) is 3.29. The van der Waals surface area contributed by atoms with Crippen molar-refractivity contribution in [1.82, 2.24) is 24.9 Å². The third-order valence-corrected chi connectivity index (χ3v) is 5.07. The maximum Gasteiger partial charge on any atom is 0.277 e. The van der Waals surface area contributed by atoms with Gasteiger partial charge in [0.25, 0.3) is 5.91 Å². The SMILES string of the molecule is Cc1cc(C)cc(-n2nc(NC(=O)c3ccn(C4CCCNC4)n3)cc2C)c1. The van der Waals surface area contributed by atoms with Crippen molar-refractivity contribution in [1.29, 1.82) is 0 Å². The Hall–Kier alpha value is -2.93. The zero-order chi connectivity index (χ0) is 19.7. The maximum absolute atomic E-state index is 12.6. The minimum atomic E-state index is -0.243. The van der Waals surface area contributed by atoms with E-state index in [0.29, 0.717) is 17.6 Å². The molecule has 28 heavy (non-hydrogen) atoms. The van der Waals surface area contributed by atoms with Gasteiger partial charge in [0.2, 0.25) is 0 Å². The molecule has 3 aromatic rings. The van der Waals surface area contributed by atoms with Crippen molar-refractivity contribution < 1.29 is 4.79 Å². The Balaban J connectivity index is 1.50. The number of carbonyl (C=O) groups is 1. The molecule has 2 aromatic heterocycles. The number of nitrogens with zero attached hydrogens (tertiary/aromatic N) is 4. The molecule has 1 amide bonds. The fourth-order valence-electron chi connectivity index (χ4n) is 3.77. The maximum atomic E-state index is 12.6. The van der Waals surface area contributed by atoms with Crippen molar-refractivity contribution in [3.8, 4) is 5.69 Å². The second-order valence-corrected chi connectivity index (χ2v) is 7.56. The molecule has 1 saturated heterocycles. The molecule has 1 aromatic carbocycles. The van der Waals surface area contributed by atoms with Gasteiger partial charge in [-0.25, -0.2) is 4.68 Å². The first-order valence-electron chi connectivity index (χ1n) is 9.72. The molecule has 4 rings (SSSR count). The number of piperidine rings is 1. The smallest absolute Gasteiger partial charge is 0.277 e. The van der Waals surface area contributed by atoms with Crippen molar-refractivity contribution in [3.05, 3.63) is 59.0 Å². The van der Waals surface area contributed by atoms with Crippen LogP contribution in [-0.2, 0) is 0 Å². The molecular weight excluding hydrogens is 352 g/mol. The van der Waals surface area contributed by atoms with Gasteiger partial charge in [0.15, 0.2) is 11.5 Å². The fraction of sp³-hybridized carbons (Fsp3) is 0.381. The molecule has 7 heteroatoms. The molecule has 0 bridgehead atoms. The summed E-state index contributed by atoms with van der Waals surface area (Å²) in [6.45, 7) is 8.05. The van der Waals surface area contributed by atoms with E-state index in [1.807, 2.05) is 28.6 Å². The monoisotopic (exact) mass is 378 g/mol. The number of hydrogen-bond acceptors (Lipinski definition) is 4. The summed E-state index contributed by atoms with van der Waals surface area (Å²) in [6.07, 6.45) is 4.09. The van der Waals surface area contributed by atoms with Gasteiger partial charge in [-0.15, -0.1) is 5.10 Å². The van der Waals surface area contributed by atoms with E-state index in [2.05, 4.69) is 52.9 Å². The van der Waals surface area contributed by atoms with Gasteiger partial charge < -0.3 is 10.6 Å². The highest BCUT2D eigenvalue weighted by Crippen LogP contribution is 2.19. The van der Waals surface area contributed by atoms with Crippen LogP contribution in [0.4, 0.5) is 5.82 Å². The predicted molar refractivity (Wildman–Crippen MR) is 109 cm³/mol. The molecule has 2 N–H and O–H groups in total. The fourth-order valence-corrected chi connectivity index (χ4v) is 3.77. The lowest BCUT2D eigenvalue weighted by atomic mass is 10.1. The van der Waals surface area contributed by atoms with Crippen LogP contribution in [0.2, 0.25) is 0 Å². The first-order valence-corrected chi connectivity index (χ1v) is 9.72. The summed E-state index contributed by atoms with van der Waals surface area (Å²) < 4.78 is 3.74. The molecule has 0 aliphatic carbocycles. The molecule has 0 radical (unpaired) electrons. The largest absolute Gasteiger partial charge is 0.315 e. The average molecular weight is 378 g/mol. The Morgan fingerprint density at radius 3 is 2.64 bits per heavy atom. The lowest BCUT2D eigenvalue weighted by Gasteiger charge is -2.22. The Morgan fingerprint density at radius 1 is 1.14 bits per heavy atom. The number of aryl methyl sites for hydroxylation is 3. The summed E-state index contributed by atoms with van der Waals surface area (Å²) in [4.78, 5) is 12.6. The molecule has 0 spiro atoms. The number of benzene rings is 1. The molecule has 3 heterocycles. The molecule has 1 fully saturated rings. The molecule has 1 unspecified atom stereocenters. The van der Waals surface area contributed by atoms with Gasteiger partial charge in [-0.05, 0) is 69.5 Å². The highest BCUT2D eigenvalue weighted by atomic mass is 16.2. The van der Waals surface area contributed by atoms with E-state index in [0.717, 1.165) is 37.3 Å². The van der Waals surface area contributed by atoms with E-state index in [1.54, 1.807) is 6.07 Å². The van der Waals surface area contributed by atoms with Crippen LogP contribution in [-0.4, -0.2) is 38.6 Å². The van der Waals surface area contributed by atoms with Gasteiger partial charge in [-0.1, -0.05) is 6.07 Å². The van der Waals surface area contributed by atoms with Gasteiger partial charge in [0, 0.05) is 24.5 Å². The van der Waals surface area contributed by atoms with E-state index < -0.39 is 0 Å². The Morgan fingerprint density at radius 2 is 1.93 bits per heavy atom. The first-order chi connectivity index (χ1) is 13.5. The number of carbonyl (C=O) groups excluding carboxylic acids is 1. The van der Waals surface area contributed by atoms with Crippen LogP contribution in [0.25, 0.3) is 5.69 Å². The van der Waals surface area contributed by atoms with E-state index in [1.165, 1.54) is 11.1 Å². The zero-order valence-electron chi connectivity index (χ0n) is 16.6. The summed E-state index contributed by atoms with van der Waals surface area (Å²) >= 11 is 0. The number of aromatic nitrogens is 4. The van der Waals surface area contributed by atoms with Crippen molar-refractivity contribution >= 4 is 11.7 Å². The van der Waals surface area contributed by atoms with E-state index in [-0.39, 0.29) is 5.91 Å². The van der Waals surface area contributed by atoms with Crippen LogP contribution >= 0.6 is 0 Å². The lowest BCUT2D eigenvalue weighted by Crippen LogP contribution is -2.32. The molecular formula is C21H26N6O. The highest BCUT2D eigenvalue weighted by Gasteiger charge is 2.18. The first kappa shape index (κ1) is 18.4. The second-order valence-electron chi connectivity index (χ2n) is 7.56. The van der Waals surface area contributed by atoms with Crippen LogP contribution in [0, 0.1) is 20.8 Å². The third-order valence-electron chi connectivity index (χ3n) is 5.07. The number of anilines is 1.